The quantitative estimate of drug-likeness (QED) is 0.835. The van der Waals surface area contributed by atoms with Crippen LogP contribution in [0.15, 0.2) is 4.52 Å². The summed E-state index contributed by atoms with van der Waals surface area (Å²) in [5.74, 6) is 3.25. The first-order chi connectivity index (χ1) is 8.86. The predicted octanol–water partition coefficient (Wildman–Crippen LogP) is 1.84. The molecule has 0 saturated heterocycles. The number of rotatable bonds is 6. The molecule has 18 heavy (non-hydrogen) atoms. The van der Waals surface area contributed by atoms with E-state index in [-0.39, 0.29) is 0 Å². The Balaban J connectivity index is 1.43. The minimum atomic E-state index is 0.438. The van der Waals surface area contributed by atoms with Crippen molar-refractivity contribution in [1.29, 1.82) is 0 Å². The number of nitrogens with zero attached hydrogens (tertiary/aromatic N) is 2. The Labute approximate surface area is 107 Å². The molecule has 2 aliphatic carbocycles. The fraction of sp³-hybridized carbons (Fsp3) is 0.846. The van der Waals surface area contributed by atoms with E-state index >= 15 is 0 Å². The summed E-state index contributed by atoms with van der Waals surface area (Å²) in [6, 6.07) is 0. The van der Waals surface area contributed by atoms with Crippen LogP contribution in [0.2, 0.25) is 0 Å². The first-order valence-electron chi connectivity index (χ1n) is 6.97. The number of hydrogen-bond acceptors (Lipinski definition) is 5. The highest BCUT2D eigenvalue weighted by molar-refractivity contribution is 5.02. The van der Waals surface area contributed by atoms with Gasteiger partial charge >= 0.3 is 0 Å². The molecule has 1 heterocycles. The molecule has 0 aromatic carbocycles. The third kappa shape index (κ3) is 2.72. The summed E-state index contributed by atoms with van der Waals surface area (Å²) in [7, 11) is 0. The van der Waals surface area contributed by atoms with E-state index in [1.54, 1.807) is 0 Å². The van der Waals surface area contributed by atoms with Crippen molar-refractivity contribution in [3.05, 3.63) is 11.7 Å². The molecule has 0 amide bonds. The molecule has 0 radical (unpaired) electrons. The SMILES string of the molecule is NCC1CCCC1COCc1nc(C2CC2)no1. The maximum absolute atomic E-state index is 5.75. The fourth-order valence-corrected chi connectivity index (χ4v) is 2.77. The molecule has 3 rings (SSSR count). The third-order valence-electron chi connectivity index (χ3n) is 4.10. The van der Waals surface area contributed by atoms with Gasteiger partial charge < -0.3 is 15.0 Å². The lowest BCUT2D eigenvalue weighted by Crippen LogP contribution is -2.22. The van der Waals surface area contributed by atoms with Crippen LogP contribution >= 0.6 is 0 Å². The fourth-order valence-electron chi connectivity index (χ4n) is 2.77. The van der Waals surface area contributed by atoms with E-state index in [0.717, 1.165) is 19.0 Å². The molecule has 2 unspecified atom stereocenters. The Hall–Kier alpha value is -0.940. The molecule has 1 aromatic rings. The lowest BCUT2D eigenvalue weighted by atomic mass is 9.97. The third-order valence-corrected chi connectivity index (χ3v) is 4.10. The van der Waals surface area contributed by atoms with E-state index in [9.17, 15) is 0 Å². The summed E-state index contributed by atoms with van der Waals surface area (Å²) < 4.78 is 10.9. The van der Waals surface area contributed by atoms with Crippen molar-refractivity contribution >= 4 is 0 Å². The molecular weight excluding hydrogens is 230 g/mol. The van der Waals surface area contributed by atoms with E-state index in [1.807, 2.05) is 0 Å². The maximum Gasteiger partial charge on any atom is 0.252 e. The number of hydrogen-bond donors (Lipinski definition) is 1. The van der Waals surface area contributed by atoms with Gasteiger partial charge in [-0.3, -0.25) is 0 Å². The number of aromatic nitrogens is 2. The van der Waals surface area contributed by atoms with Gasteiger partial charge in [-0.25, -0.2) is 0 Å². The van der Waals surface area contributed by atoms with Crippen LogP contribution < -0.4 is 5.73 Å². The average Bonchev–Trinajstić information content (AvgIpc) is 2.96. The summed E-state index contributed by atoms with van der Waals surface area (Å²) in [4.78, 5) is 4.35. The highest BCUT2D eigenvalue weighted by atomic mass is 16.5. The summed E-state index contributed by atoms with van der Waals surface area (Å²) in [5, 5.41) is 3.97. The molecule has 2 fully saturated rings. The minimum Gasteiger partial charge on any atom is -0.371 e. The minimum absolute atomic E-state index is 0.438. The maximum atomic E-state index is 5.75. The van der Waals surface area contributed by atoms with Crippen LogP contribution in [-0.4, -0.2) is 23.3 Å². The van der Waals surface area contributed by atoms with E-state index in [1.165, 1.54) is 32.1 Å². The highest BCUT2D eigenvalue weighted by Crippen LogP contribution is 2.38. The largest absolute Gasteiger partial charge is 0.371 e. The molecule has 100 valence electrons. The van der Waals surface area contributed by atoms with Gasteiger partial charge in [0.2, 0.25) is 0 Å². The first kappa shape index (κ1) is 12.1. The monoisotopic (exact) mass is 251 g/mol. The van der Waals surface area contributed by atoms with Crippen LogP contribution in [-0.2, 0) is 11.3 Å². The van der Waals surface area contributed by atoms with Crippen molar-refractivity contribution in [3.63, 3.8) is 0 Å². The van der Waals surface area contributed by atoms with E-state index in [0.29, 0.717) is 30.3 Å². The molecule has 1 aromatic heterocycles. The van der Waals surface area contributed by atoms with Gasteiger partial charge in [0.15, 0.2) is 5.82 Å². The summed E-state index contributed by atoms with van der Waals surface area (Å²) in [6.07, 6.45) is 6.15. The van der Waals surface area contributed by atoms with E-state index in [2.05, 4.69) is 10.1 Å². The van der Waals surface area contributed by atoms with Crippen molar-refractivity contribution in [2.45, 2.75) is 44.6 Å². The molecule has 2 aliphatic rings. The van der Waals surface area contributed by atoms with Crippen LogP contribution in [0, 0.1) is 11.8 Å². The predicted molar refractivity (Wildman–Crippen MR) is 65.8 cm³/mol. The van der Waals surface area contributed by atoms with Crippen LogP contribution in [0.1, 0.15) is 49.7 Å². The second kappa shape index (κ2) is 5.36. The molecule has 2 saturated carbocycles. The van der Waals surface area contributed by atoms with Gasteiger partial charge in [0, 0.05) is 5.92 Å². The zero-order valence-electron chi connectivity index (χ0n) is 10.7. The summed E-state index contributed by atoms with van der Waals surface area (Å²) in [5.41, 5.74) is 5.75. The Kier molecular flexibility index (Phi) is 3.61. The second-order valence-corrected chi connectivity index (χ2v) is 5.52. The van der Waals surface area contributed by atoms with Gasteiger partial charge in [0.25, 0.3) is 5.89 Å². The lowest BCUT2D eigenvalue weighted by molar-refractivity contribution is 0.0592. The van der Waals surface area contributed by atoms with Gasteiger partial charge in [-0.15, -0.1) is 0 Å². The summed E-state index contributed by atoms with van der Waals surface area (Å²) >= 11 is 0. The molecule has 0 aliphatic heterocycles. The van der Waals surface area contributed by atoms with Crippen LogP contribution in [0.3, 0.4) is 0 Å². The standard InChI is InChI=1S/C13H21N3O2/c14-6-10-2-1-3-11(10)7-17-8-12-15-13(16-18-12)9-4-5-9/h9-11H,1-8,14H2. The van der Waals surface area contributed by atoms with E-state index < -0.39 is 0 Å². The Bertz CT molecular complexity index is 389. The van der Waals surface area contributed by atoms with Crippen molar-refractivity contribution in [2.75, 3.05) is 13.2 Å². The highest BCUT2D eigenvalue weighted by Gasteiger charge is 2.29. The van der Waals surface area contributed by atoms with Crippen LogP contribution in [0.4, 0.5) is 0 Å². The van der Waals surface area contributed by atoms with E-state index in [4.69, 9.17) is 15.0 Å². The topological polar surface area (TPSA) is 74.2 Å². The molecular formula is C13H21N3O2. The van der Waals surface area contributed by atoms with Crippen molar-refractivity contribution in [3.8, 4) is 0 Å². The zero-order valence-corrected chi connectivity index (χ0v) is 10.7. The summed E-state index contributed by atoms with van der Waals surface area (Å²) in [6.45, 7) is 1.98. The zero-order chi connectivity index (χ0) is 12.4. The van der Waals surface area contributed by atoms with Gasteiger partial charge in [-0.05, 0) is 44.1 Å². The molecule has 5 heteroatoms. The first-order valence-corrected chi connectivity index (χ1v) is 6.97. The number of nitrogens with two attached hydrogens (primary N) is 1. The van der Waals surface area contributed by atoms with Crippen molar-refractivity contribution in [1.82, 2.24) is 10.1 Å². The van der Waals surface area contributed by atoms with Gasteiger partial charge in [0.1, 0.15) is 6.61 Å². The second-order valence-electron chi connectivity index (χ2n) is 5.52. The Morgan fingerprint density at radius 1 is 1.22 bits per heavy atom. The Morgan fingerprint density at radius 3 is 2.83 bits per heavy atom. The normalized spacial score (nSPS) is 27.8. The van der Waals surface area contributed by atoms with Gasteiger partial charge in [0.05, 0.1) is 6.61 Å². The molecule has 0 bridgehead atoms. The lowest BCUT2D eigenvalue weighted by Gasteiger charge is -2.16. The van der Waals surface area contributed by atoms with Gasteiger partial charge in [-0.2, -0.15) is 4.98 Å². The van der Waals surface area contributed by atoms with Crippen LogP contribution in [0.25, 0.3) is 0 Å². The molecule has 5 nitrogen and oxygen atoms in total. The smallest absolute Gasteiger partial charge is 0.252 e. The van der Waals surface area contributed by atoms with Crippen molar-refractivity contribution < 1.29 is 9.26 Å². The van der Waals surface area contributed by atoms with Gasteiger partial charge in [-0.1, -0.05) is 11.6 Å². The molecule has 2 atom stereocenters. The van der Waals surface area contributed by atoms with Crippen molar-refractivity contribution in [2.24, 2.45) is 17.6 Å². The average molecular weight is 251 g/mol. The molecule has 2 N–H and O–H groups in total. The Morgan fingerprint density at radius 2 is 2.06 bits per heavy atom. The molecule has 0 spiro atoms. The van der Waals surface area contributed by atoms with Crippen LogP contribution in [0.5, 0.6) is 0 Å². The number of ether oxygens (including phenoxy) is 1.